The SMILES string of the molecule is CN(CCS)Cc1ccc(Cl)cc1Cl. The largest absolute Gasteiger partial charge is 0.301 e. The number of benzene rings is 1. The Hall–Kier alpha value is 0.110. The predicted octanol–water partition coefficient (Wildman–Crippen LogP) is 3.36. The zero-order valence-corrected chi connectivity index (χ0v) is 10.4. The number of thiol groups is 1. The van der Waals surface area contributed by atoms with Crippen molar-refractivity contribution in [2.45, 2.75) is 6.54 Å². The molecule has 14 heavy (non-hydrogen) atoms. The minimum atomic E-state index is 0.676. The number of hydrogen-bond donors (Lipinski definition) is 1. The van der Waals surface area contributed by atoms with Crippen LogP contribution in [0.25, 0.3) is 0 Å². The Morgan fingerprint density at radius 2 is 2.07 bits per heavy atom. The van der Waals surface area contributed by atoms with Crippen molar-refractivity contribution >= 4 is 35.8 Å². The highest BCUT2D eigenvalue weighted by atomic mass is 35.5. The second kappa shape index (κ2) is 5.86. The first-order valence-electron chi connectivity index (χ1n) is 4.37. The van der Waals surface area contributed by atoms with Gasteiger partial charge >= 0.3 is 0 Å². The van der Waals surface area contributed by atoms with E-state index in [0.717, 1.165) is 29.4 Å². The van der Waals surface area contributed by atoms with Crippen molar-refractivity contribution in [1.82, 2.24) is 4.90 Å². The molecule has 0 fully saturated rings. The molecule has 0 N–H and O–H groups in total. The smallest absolute Gasteiger partial charge is 0.0465 e. The summed E-state index contributed by atoms with van der Waals surface area (Å²) in [5.74, 6) is 0.849. The van der Waals surface area contributed by atoms with E-state index in [9.17, 15) is 0 Å². The summed E-state index contributed by atoms with van der Waals surface area (Å²) in [6.07, 6.45) is 0. The first-order valence-corrected chi connectivity index (χ1v) is 5.75. The second-order valence-electron chi connectivity index (χ2n) is 3.20. The van der Waals surface area contributed by atoms with Gasteiger partial charge in [-0.2, -0.15) is 12.6 Å². The Morgan fingerprint density at radius 3 is 2.64 bits per heavy atom. The first kappa shape index (κ1) is 12.2. The normalized spacial score (nSPS) is 10.9. The molecule has 0 aliphatic heterocycles. The molecule has 0 aromatic heterocycles. The van der Waals surface area contributed by atoms with Crippen LogP contribution in [0.5, 0.6) is 0 Å². The van der Waals surface area contributed by atoms with Gasteiger partial charge in [-0.1, -0.05) is 29.3 Å². The highest BCUT2D eigenvalue weighted by Crippen LogP contribution is 2.21. The van der Waals surface area contributed by atoms with Gasteiger partial charge < -0.3 is 4.90 Å². The van der Waals surface area contributed by atoms with Crippen LogP contribution in [0, 0.1) is 0 Å². The van der Waals surface area contributed by atoms with E-state index in [4.69, 9.17) is 23.2 Å². The molecule has 0 radical (unpaired) electrons. The summed E-state index contributed by atoms with van der Waals surface area (Å²) in [5, 5.41) is 1.40. The first-order chi connectivity index (χ1) is 6.63. The molecule has 78 valence electrons. The molecule has 0 spiro atoms. The van der Waals surface area contributed by atoms with Gasteiger partial charge in [-0.3, -0.25) is 0 Å². The molecule has 0 atom stereocenters. The lowest BCUT2D eigenvalue weighted by Crippen LogP contribution is -2.20. The Bertz CT molecular complexity index is 304. The zero-order valence-electron chi connectivity index (χ0n) is 8.00. The minimum absolute atomic E-state index is 0.676. The maximum absolute atomic E-state index is 6.04. The van der Waals surface area contributed by atoms with Crippen LogP contribution in [-0.4, -0.2) is 24.2 Å². The summed E-state index contributed by atoms with van der Waals surface area (Å²) in [6.45, 7) is 1.78. The second-order valence-corrected chi connectivity index (χ2v) is 4.49. The van der Waals surface area contributed by atoms with Gasteiger partial charge in [0.25, 0.3) is 0 Å². The van der Waals surface area contributed by atoms with Crippen molar-refractivity contribution in [3.8, 4) is 0 Å². The molecule has 0 aliphatic rings. The standard InChI is InChI=1S/C10H13Cl2NS/c1-13(4-5-14)7-8-2-3-9(11)6-10(8)12/h2-3,6,14H,4-5,7H2,1H3. The third-order valence-corrected chi connectivity index (χ3v) is 2.72. The maximum atomic E-state index is 6.04. The van der Waals surface area contributed by atoms with Crippen LogP contribution in [0.4, 0.5) is 0 Å². The average molecular weight is 250 g/mol. The molecule has 0 unspecified atom stereocenters. The number of nitrogens with zero attached hydrogens (tertiary/aromatic N) is 1. The Labute approximate surface area is 100 Å². The lowest BCUT2D eigenvalue weighted by Gasteiger charge is -2.16. The fraction of sp³-hybridized carbons (Fsp3) is 0.400. The molecule has 1 aromatic carbocycles. The van der Waals surface area contributed by atoms with E-state index in [0.29, 0.717) is 5.02 Å². The van der Waals surface area contributed by atoms with E-state index in [1.54, 1.807) is 6.07 Å². The minimum Gasteiger partial charge on any atom is -0.301 e. The van der Waals surface area contributed by atoms with E-state index in [2.05, 4.69) is 17.5 Å². The molecule has 0 heterocycles. The van der Waals surface area contributed by atoms with E-state index in [1.165, 1.54) is 0 Å². The summed E-state index contributed by atoms with van der Waals surface area (Å²) in [5.41, 5.74) is 1.10. The van der Waals surface area contributed by atoms with Gasteiger partial charge in [0.1, 0.15) is 0 Å². The van der Waals surface area contributed by atoms with Crippen molar-refractivity contribution in [1.29, 1.82) is 0 Å². The van der Waals surface area contributed by atoms with Crippen molar-refractivity contribution in [2.24, 2.45) is 0 Å². The van der Waals surface area contributed by atoms with Crippen LogP contribution in [-0.2, 0) is 6.54 Å². The van der Waals surface area contributed by atoms with E-state index in [-0.39, 0.29) is 0 Å². The van der Waals surface area contributed by atoms with Crippen LogP contribution in [0.15, 0.2) is 18.2 Å². The summed E-state index contributed by atoms with van der Waals surface area (Å²) in [4.78, 5) is 2.17. The number of rotatable bonds is 4. The monoisotopic (exact) mass is 249 g/mol. The Morgan fingerprint density at radius 1 is 1.36 bits per heavy atom. The summed E-state index contributed by atoms with van der Waals surface area (Å²) >= 11 is 16.0. The molecular weight excluding hydrogens is 237 g/mol. The third-order valence-electron chi connectivity index (χ3n) is 1.94. The van der Waals surface area contributed by atoms with Crippen LogP contribution in [0.3, 0.4) is 0 Å². The molecular formula is C10H13Cl2NS. The summed E-state index contributed by atoms with van der Waals surface area (Å²) < 4.78 is 0. The number of hydrogen-bond acceptors (Lipinski definition) is 2. The number of halogens is 2. The zero-order chi connectivity index (χ0) is 10.6. The van der Waals surface area contributed by atoms with Crippen molar-refractivity contribution in [2.75, 3.05) is 19.3 Å². The van der Waals surface area contributed by atoms with Crippen molar-refractivity contribution < 1.29 is 0 Å². The lowest BCUT2D eigenvalue weighted by atomic mass is 10.2. The van der Waals surface area contributed by atoms with Crippen LogP contribution >= 0.6 is 35.8 Å². The van der Waals surface area contributed by atoms with Crippen molar-refractivity contribution in [3.05, 3.63) is 33.8 Å². The quantitative estimate of drug-likeness (QED) is 0.802. The van der Waals surface area contributed by atoms with Crippen molar-refractivity contribution in [3.63, 3.8) is 0 Å². The van der Waals surface area contributed by atoms with Gasteiger partial charge in [0, 0.05) is 28.9 Å². The van der Waals surface area contributed by atoms with E-state index in [1.807, 2.05) is 19.2 Å². The van der Waals surface area contributed by atoms with Crippen LogP contribution < -0.4 is 0 Å². The van der Waals surface area contributed by atoms with E-state index >= 15 is 0 Å². The van der Waals surface area contributed by atoms with E-state index < -0.39 is 0 Å². The Balaban J connectivity index is 2.67. The highest BCUT2D eigenvalue weighted by molar-refractivity contribution is 7.80. The van der Waals surface area contributed by atoms with Crippen LogP contribution in [0.2, 0.25) is 10.0 Å². The molecule has 4 heteroatoms. The third kappa shape index (κ3) is 3.70. The Kier molecular flexibility index (Phi) is 5.10. The van der Waals surface area contributed by atoms with Gasteiger partial charge in [0.05, 0.1) is 0 Å². The maximum Gasteiger partial charge on any atom is 0.0465 e. The van der Waals surface area contributed by atoms with Gasteiger partial charge in [-0.15, -0.1) is 0 Å². The summed E-state index contributed by atoms with van der Waals surface area (Å²) in [7, 11) is 2.04. The predicted molar refractivity (Wildman–Crippen MR) is 66.6 cm³/mol. The summed E-state index contributed by atoms with van der Waals surface area (Å²) in [6, 6.07) is 5.59. The van der Waals surface area contributed by atoms with Gasteiger partial charge in [0.2, 0.25) is 0 Å². The highest BCUT2D eigenvalue weighted by Gasteiger charge is 2.04. The molecule has 0 amide bonds. The molecule has 1 nitrogen and oxygen atoms in total. The molecule has 0 saturated carbocycles. The molecule has 0 bridgehead atoms. The lowest BCUT2D eigenvalue weighted by molar-refractivity contribution is 0.349. The van der Waals surface area contributed by atoms with Crippen LogP contribution in [0.1, 0.15) is 5.56 Å². The molecule has 1 aromatic rings. The van der Waals surface area contributed by atoms with Gasteiger partial charge in [0.15, 0.2) is 0 Å². The fourth-order valence-corrected chi connectivity index (χ4v) is 2.00. The topological polar surface area (TPSA) is 3.24 Å². The average Bonchev–Trinajstić information content (AvgIpc) is 2.10. The fourth-order valence-electron chi connectivity index (χ4n) is 1.19. The molecule has 0 aliphatic carbocycles. The molecule has 0 saturated heterocycles. The molecule has 1 rings (SSSR count). The van der Waals surface area contributed by atoms with Gasteiger partial charge in [-0.25, -0.2) is 0 Å². The van der Waals surface area contributed by atoms with Gasteiger partial charge in [-0.05, 0) is 24.7 Å².